The van der Waals surface area contributed by atoms with E-state index in [2.05, 4.69) is 10.6 Å². The Hall–Kier alpha value is -4.31. The van der Waals surface area contributed by atoms with E-state index in [0.29, 0.717) is 46.3 Å². The summed E-state index contributed by atoms with van der Waals surface area (Å²) in [6.07, 6.45) is 2.01. The predicted molar refractivity (Wildman–Crippen MR) is 134 cm³/mol. The van der Waals surface area contributed by atoms with Gasteiger partial charge in [-0.3, -0.25) is 14.9 Å². The number of rotatable bonds is 7. The Bertz CT molecular complexity index is 1340. The monoisotopic (exact) mass is 491 g/mol. The molecule has 2 heterocycles. The lowest BCUT2D eigenvalue weighted by Gasteiger charge is -2.17. The van der Waals surface area contributed by atoms with Crippen LogP contribution in [-0.2, 0) is 4.74 Å². The minimum atomic E-state index is -0.491. The third-order valence-electron chi connectivity index (χ3n) is 6.24. The van der Waals surface area contributed by atoms with Crippen molar-refractivity contribution < 1.29 is 28.7 Å². The number of nitrogens with zero attached hydrogens (tertiary/aromatic N) is 1. The minimum absolute atomic E-state index is 0.0446. The molecule has 0 bridgehead atoms. The van der Waals surface area contributed by atoms with E-state index < -0.39 is 4.92 Å². The Balaban J connectivity index is 1.48. The smallest absolute Gasteiger partial charge is 0.310 e. The van der Waals surface area contributed by atoms with E-state index >= 15 is 0 Å². The number of amides is 1. The SMILES string of the molecule is COc1cc2c(cc1OCC1CCCO1)Nc1cc(-c3ccc([N+](=O)[O-])c(OC)c3)ccc1C(=O)N2. The Morgan fingerprint density at radius 2 is 1.67 bits per heavy atom. The van der Waals surface area contributed by atoms with Crippen LogP contribution in [0.5, 0.6) is 17.2 Å². The molecule has 1 amide bonds. The summed E-state index contributed by atoms with van der Waals surface area (Å²) in [6, 6.07) is 13.5. The average Bonchev–Trinajstić information content (AvgIpc) is 3.37. The Kier molecular flexibility index (Phi) is 6.34. The zero-order valence-electron chi connectivity index (χ0n) is 19.8. The summed E-state index contributed by atoms with van der Waals surface area (Å²) in [7, 11) is 2.94. The fourth-order valence-electron chi connectivity index (χ4n) is 4.37. The quantitative estimate of drug-likeness (QED) is 0.344. The lowest BCUT2D eigenvalue weighted by molar-refractivity contribution is -0.385. The van der Waals surface area contributed by atoms with Gasteiger partial charge in [0.1, 0.15) is 6.61 Å². The van der Waals surface area contributed by atoms with E-state index in [9.17, 15) is 14.9 Å². The number of carbonyl (C=O) groups is 1. The van der Waals surface area contributed by atoms with Crippen LogP contribution in [0.2, 0.25) is 0 Å². The second-order valence-corrected chi connectivity index (χ2v) is 8.48. The topological polar surface area (TPSA) is 121 Å². The summed E-state index contributed by atoms with van der Waals surface area (Å²) in [5.41, 5.74) is 3.57. The highest BCUT2D eigenvalue weighted by atomic mass is 16.6. The number of hydrogen-bond acceptors (Lipinski definition) is 8. The standard InChI is InChI=1S/C26H25N3O7/c1-33-23-11-16(6-8-22(23)29(31)32)15-5-7-18-19(10-15)27-20-13-25(36-14-17-4-3-9-35-17)24(34-2)12-21(20)28-26(18)30/h5-8,10-13,17,27H,3-4,9,14H2,1-2H3,(H,28,30). The molecule has 1 saturated heterocycles. The van der Waals surface area contributed by atoms with E-state index in [1.165, 1.54) is 13.2 Å². The molecular formula is C26H25N3O7. The van der Waals surface area contributed by atoms with Crippen LogP contribution in [0.25, 0.3) is 11.1 Å². The van der Waals surface area contributed by atoms with Gasteiger partial charge in [0.15, 0.2) is 17.2 Å². The molecule has 0 radical (unpaired) electrons. The van der Waals surface area contributed by atoms with Gasteiger partial charge < -0.3 is 29.6 Å². The van der Waals surface area contributed by atoms with Crippen LogP contribution in [0.1, 0.15) is 23.2 Å². The number of fused-ring (bicyclic) bond motifs is 2. The van der Waals surface area contributed by atoms with Crippen molar-refractivity contribution in [3.05, 3.63) is 64.2 Å². The van der Waals surface area contributed by atoms with Gasteiger partial charge in [-0.25, -0.2) is 0 Å². The van der Waals surface area contributed by atoms with Crippen LogP contribution in [0.15, 0.2) is 48.5 Å². The number of anilines is 3. The van der Waals surface area contributed by atoms with Crippen molar-refractivity contribution in [3.8, 4) is 28.4 Å². The molecule has 3 aromatic rings. The number of nitrogens with one attached hydrogen (secondary N) is 2. The summed E-state index contributed by atoms with van der Waals surface area (Å²) in [4.78, 5) is 23.7. The molecular weight excluding hydrogens is 466 g/mol. The van der Waals surface area contributed by atoms with Crippen LogP contribution in [0.3, 0.4) is 0 Å². The molecule has 2 aliphatic rings. The average molecular weight is 492 g/mol. The van der Waals surface area contributed by atoms with E-state index in [0.717, 1.165) is 25.0 Å². The zero-order valence-corrected chi connectivity index (χ0v) is 19.8. The molecule has 36 heavy (non-hydrogen) atoms. The largest absolute Gasteiger partial charge is 0.493 e. The van der Waals surface area contributed by atoms with Crippen LogP contribution in [-0.4, -0.2) is 44.4 Å². The summed E-state index contributed by atoms with van der Waals surface area (Å²) in [6.45, 7) is 1.15. The van der Waals surface area contributed by atoms with Gasteiger partial charge in [-0.1, -0.05) is 6.07 Å². The molecule has 1 fully saturated rings. The van der Waals surface area contributed by atoms with Gasteiger partial charge in [0.25, 0.3) is 5.91 Å². The van der Waals surface area contributed by atoms with Crippen molar-refractivity contribution in [2.24, 2.45) is 0 Å². The molecule has 0 spiro atoms. The molecule has 3 aromatic carbocycles. The van der Waals surface area contributed by atoms with Crippen molar-refractivity contribution in [2.75, 3.05) is 38.1 Å². The first kappa shape index (κ1) is 23.4. The highest BCUT2D eigenvalue weighted by Crippen LogP contribution is 2.42. The van der Waals surface area contributed by atoms with Gasteiger partial charge >= 0.3 is 5.69 Å². The summed E-state index contributed by atoms with van der Waals surface area (Å²) in [5.74, 6) is 0.912. The highest BCUT2D eigenvalue weighted by molar-refractivity contribution is 6.12. The maximum Gasteiger partial charge on any atom is 0.310 e. The number of carbonyl (C=O) groups excluding carboxylic acids is 1. The van der Waals surface area contributed by atoms with Crippen molar-refractivity contribution in [2.45, 2.75) is 18.9 Å². The first-order valence-electron chi connectivity index (χ1n) is 11.5. The molecule has 1 atom stereocenters. The van der Waals surface area contributed by atoms with Gasteiger partial charge in [0.2, 0.25) is 0 Å². The van der Waals surface area contributed by atoms with Gasteiger partial charge in [-0.05, 0) is 48.2 Å². The predicted octanol–water partition coefficient (Wildman–Crippen LogP) is 5.15. The molecule has 2 aliphatic heterocycles. The Morgan fingerprint density at radius 3 is 2.39 bits per heavy atom. The van der Waals surface area contributed by atoms with Crippen molar-refractivity contribution in [3.63, 3.8) is 0 Å². The first-order chi connectivity index (χ1) is 17.5. The molecule has 1 unspecified atom stereocenters. The van der Waals surface area contributed by atoms with Crippen LogP contribution in [0.4, 0.5) is 22.7 Å². The summed E-state index contributed by atoms with van der Waals surface area (Å²) < 4.78 is 22.4. The molecule has 0 aromatic heterocycles. The molecule has 5 rings (SSSR count). The fraction of sp³-hybridized carbons (Fsp3) is 0.269. The number of ether oxygens (including phenoxy) is 4. The van der Waals surface area contributed by atoms with E-state index in [-0.39, 0.29) is 23.4 Å². The van der Waals surface area contributed by atoms with Gasteiger partial charge in [-0.15, -0.1) is 0 Å². The third-order valence-corrected chi connectivity index (χ3v) is 6.24. The van der Waals surface area contributed by atoms with Crippen molar-refractivity contribution in [1.82, 2.24) is 0 Å². The second-order valence-electron chi connectivity index (χ2n) is 8.48. The van der Waals surface area contributed by atoms with E-state index in [1.807, 2.05) is 6.07 Å². The van der Waals surface area contributed by atoms with Crippen LogP contribution in [0, 0.1) is 10.1 Å². The van der Waals surface area contributed by atoms with Crippen molar-refractivity contribution >= 4 is 28.7 Å². The molecule has 10 nitrogen and oxygen atoms in total. The number of nitro groups is 1. The summed E-state index contributed by atoms with van der Waals surface area (Å²) >= 11 is 0. The van der Waals surface area contributed by atoms with Crippen LogP contribution < -0.4 is 24.8 Å². The zero-order chi connectivity index (χ0) is 25.2. The maximum absolute atomic E-state index is 13.0. The normalized spacial score (nSPS) is 16.2. The van der Waals surface area contributed by atoms with Crippen LogP contribution >= 0.6 is 0 Å². The minimum Gasteiger partial charge on any atom is -0.493 e. The number of methoxy groups -OCH3 is 2. The maximum atomic E-state index is 13.0. The first-order valence-corrected chi connectivity index (χ1v) is 11.5. The number of nitro benzene ring substituents is 1. The number of benzene rings is 3. The molecule has 2 N–H and O–H groups in total. The highest BCUT2D eigenvalue weighted by Gasteiger charge is 2.24. The summed E-state index contributed by atoms with van der Waals surface area (Å²) in [5, 5.41) is 17.5. The second kappa shape index (κ2) is 9.74. The third kappa shape index (κ3) is 4.50. The van der Waals surface area contributed by atoms with Gasteiger partial charge in [0, 0.05) is 24.8 Å². The van der Waals surface area contributed by atoms with Gasteiger partial charge in [-0.2, -0.15) is 0 Å². The molecule has 0 aliphatic carbocycles. The van der Waals surface area contributed by atoms with E-state index in [4.69, 9.17) is 18.9 Å². The Morgan fingerprint density at radius 1 is 0.944 bits per heavy atom. The van der Waals surface area contributed by atoms with Gasteiger partial charge in [0.05, 0.1) is 47.9 Å². The lowest BCUT2D eigenvalue weighted by Crippen LogP contribution is -2.16. The fourth-order valence-corrected chi connectivity index (χ4v) is 4.37. The lowest BCUT2D eigenvalue weighted by atomic mass is 10.0. The molecule has 186 valence electrons. The Labute approximate surface area is 207 Å². The number of hydrogen-bond donors (Lipinski definition) is 2. The van der Waals surface area contributed by atoms with Crippen molar-refractivity contribution in [1.29, 1.82) is 0 Å². The molecule has 10 heteroatoms. The molecule has 0 saturated carbocycles. The van der Waals surface area contributed by atoms with E-state index in [1.54, 1.807) is 43.5 Å².